The third-order valence-electron chi connectivity index (χ3n) is 2.53. The minimum Gasteiger partial charge on any atom is -0.475 e. The van der Waals surface area contributed by atoms with Crippen LogP contribution in [-0.2, 0) is 0 Å². The van der Waals surface area contributed by atoms with Gasteiger partial charge in [-0.15, -0.1) is 0 Å². The summed E-state index contributed by atoms with van der Waals surface area (Å²) < 4.78 is 4.67. The number of hydrogen-bond acceptors (Lipinski definition) is 4. The fraction of sp³-hybridized carbons (Fsp3) is 0. The van der Waals surface area contributed by atoms with Crippen molar-refractivity contribution in [3.63, 3.8) is 0 Å². The lowest BCUT2D eigenvalue weighted by Crippen LogP contribution is -1.99. The molecule has 0 radical (unpaired) electrons. The number of hydrogen-bond donors (Lipinski definition) is 3. The summed E-state index contributed by atoms with van der Waals surface area (Å²) in [4.78, 5) is 27.0. The van der Waals surface area contributed by atoms with Crippen LogP contribution < -0.4 is 5.69 Å². The molecule has 18 heavy (non-hydrogen) atoms. The number of nitrogens with one attached hydrogen (secondary N) is 2. The van der Waals surface area contributed by atoms with Crippen molar-refractivity contribution in [1.29, 1.82) is 0 Å². The number of fused-ring (bicyclic) bond motifs is 1. The standard InChI is InChI=1S/C11H7N3O4/c15-10(16)9-4-7(14-18-9)5-1-2-6-8(3-5)13-11(17)12-6/h1-4H,(H,15,16)(H2,12,13,17). The van der Waals surface area contributed by atoms with Gasteiger partial charge in [0.05, 0.1) is 11.0 Å². The molecule has 0 aliphatic rings. The third kappa shape index (κ3) is 1.58. The van der Waals surface area contributed by atoms with Crippen molar-refractivity contribution >= 4 is 17.0 Å². The van der Waals surface area contributed by atoms with Gasteiger partial charge in [0.2, 0.25) is 5.76 Å². The number of rotatable bonds is 2. The van der Waals surface area contributed by atoms with E-state index in [-0.39, 0.29) is 11.4 Å². The molecule has 0 aliphatic heterocycles. The molecule has 3 rings (SSSR count). The number of carboxylic acid groups (broad SMARTS) is 1. The van der Waals surface area contributed by atoms with E-state index in [0.29, 0.717) is 22.3 Å². The Morgan fingerprint density at radius 1 is 1.22 bits per heavy atom. The Morgan fingerprint density at radius 3 is 2.72 bits per heavy atom. The maximum absolute atomic E-state index is 11.1. The predicted octanol–water partition coefficient (Wildman–Crippen LogP) is 1.21. The zero-order chi connectivity index (χ0) is 12.7. The Kier molecular flexibility index (Phi) is 2.06. The van der Waals surface area contributed by atoms with E-state index in [4.69, 9.17) is 5.11 Å². The van der Waals surface area contributed by atoms with E-state index >= 15 is 0 Å². The molecule has 7 nitrogen and oxygen atoms in total. The van der Waals surface area contributed by atoms with Crippen LogP contribution in [-0.4, -0.2) is 26.2 Å². The minimum absolute atomic E-state index is 0.229. The number of nitrogens with zero attached hydrogens (tertiary/aromatic N) is 1. The highest BCUT2D eigenvalue weighted by atomic mass is 16.5. The Morgan fingerprint density at radius 2 is 2.00 bits per heavy atom. The van der Waals surface area contributed by atoms with Gasteiger partial charge in [0.25, 0.3) is 0 Å². The summed E-state index contributed by atoms with van der Waals surface area (Å²) in [6.07, 6.45) is 0. The highest BCUT2D eigenvalue weighted by Gasteiger charge is 2.12. The summed E-state index contributed by atoms with van der Waals surface area (Å²) in [6, 6.07) is 6.44. The molecule has 0 amide bonds. The number of aromatic carboxylic acids is 1. The van der Waals surface area contributed by atoms with Crippen LogP contribution in [0.4, 0.5) is 0 Å². The second-order valence-corrected chi connectivity index (χ2v) is 3.72. The molecule has 7 heteroatoms. The zero-order valence-electron chi connectivity index (χ0n) is 8.93. The first-order valence-corrected chi connectivity index (χ1v) is 5.06. The topological polar surface area (TPSA) is 112 Å². The summed E-state index contributed by atoms with van der Waals surface area (Å²) in [5, 5.41) is 12.4. The summed E-state index contributed by atoms with van der Waals surface area (Å²) in [6.45, 7) is 0. The number of aromatic amines is 2. The van der Waals surface area contributed by atoms with Gasteiger partial charge in [0.15, 0.2) is 0 Å². The lowest BCUT2D eigenvalue weighted by atomic mass is 10.1. The molecule has 0 atom stereocenters. The first-order valence-electron chi connectivity index (χ1n) is 5.06. The van der Waals surface area contributed by atoms with Crippen LogP contribution >= 0.6 is 0 Å². The third-order valence-corrected chi connectivity index (χ3v) is 2.53. The van der Waals surface area contributed by atoms with Gasteiger partial charge in [-0.1, -0.05) is 11.2 Å². The monoisotopic (exact) mass is 245 g/mol. The molecule has 0 bridgehead atoms. The highest BCUT2D eigenvalue weighted by molar-refractivity contribution is 5.86. The molecular formula is C11H7N3O4. The van der Waals surface area contributed by atoms with E-state index in [1.165, 1.54) is 6.07 Å². The number of H-pyrrole nitrogens is 2. The largest absolute Gasteiger partial charge is 0.475 e. The number of imidazole rings is 1. The number of carboxylic acids is 1. The molecule has 0 spiro atoms. The van der Waals surface area contributed by atoms with Crippen molar-refractivity contribution in [1.82, 2.24) is 15.1 Å². The summed E-state index contributed by atoms with van der Waals surface area (Å²) in [5.74, 6) is -1.41. The number of carbonyl (C=O) groups is 1. The number of benzene rings is 1. The first kappa shape index (κ1) is 10.3. The minimum atomic E-state index is -1.18. The second kappa shape index (κ2) is 3.59. The maximum Gasteiger partial charge on any atom is 0.374 e. The fourth-order valence-electron chi connectivity index (χ4n) is 1.70. The van der Waals surface area contributed by atoms with Crippen molar-refractivity contribution in [2.24, 2.45) is 0 Å². The summed E-state index contributed by atoms with van der Waals surface area (Å²) in [5.41, 5.74) is 2.06. The van der Waals surface area contributed by atoms with Gasteiger partial charge in [-0.05, 0) is 12.1 Å². The van der Waals surface area contributed by atoms with E-state index in [1.54, 1.807) is 18.2 Å². The van der Waals surface area contributed by atoms with Crippen LogP contribution in [0.5, 0.6) is 0 Å². The molecule has 0 aliphatic carbocycles. The van der Waals surface area contributed by atoms with Crippen LogP contribution in [0, 0.1) is 0 Å². The van der Waals surface area contributed by atoms with Gasteiger partial charge >= 0.3 is 11.7 Å². The summed E-state index contributed by atoms with van der Waals surface area (Å²) in [7, 11) is 0. The van der Waals surface area contributed by atoms with Crippen LogP contribution in [0.25, 0.3) is 22.3 Å². The SMILES string of the molecule is O=C(O)c1cc(-c2ccc3[nH]c(=O)[nH]c3c2)no1. The maximum atomic E-state index is 11.1. The molecular weight excluding hydrogens is 238 g/mol. The molecule has 90 valence electrons. The van der Waals surface area contributed by atoms with Gasteiger partial charge in [-0.2, -0.15) is 0 Å². The zero-order valence-corrected chi connectivity index (χ0v) is 8.93. The molecule has 0 saturated heterocycles. The van der Waals surface area contributed by atoms with Crippen molar-refractivity contribution in [3.05, 3.63) is 40.5 Å². The van der Waals surface area contributed by atoms with Crippen molar-refractivity contribution in [2.45, 2.75) is 0 Å². The Balaban J connectivity index is 2.12. The van der Waals surface area contributed by atoms with Gasteiger partial charge in [0, 0.05) is 11.6 Å². The number of aromatic nitrogens is 3. The summed E-state index contributed by atoms with van der Waals surface area (Å²) >= 11 is 0. The average molecular weight is 245 g/mol. The van der Waals surface area contributed by atoms with E-state index in [9.17, 15) is 9.59 Å². The molecule has 0 saturated carbocycles. The average Bonchev–Trinajstić information content (AvgIpc) is 2.91. The molecule has 3 aromatic rings. The van der Waals surface area contributed by atoms with Crippen LogP contribution in [0.3, 0.4) is 0 Å². The van der Waals surface area contributed by atoms with E-state index in [1.807, 2.05) is 0 Å². The van der Waals surface area contributed by atoms with Gasteiger partial charge in [-0.25, -0.2) is 9.59 Å². The van der Waals surface area contributed by atoms with Crippen LogP contribution in [0.1, 0.15) is 10.6 Å². The first-order chi connectivity index (χ1) is 8.63. The van der Waals surface area contributed by atoms with E-state index < -0.39 is 5.97 Å². The normalized spacial score (nSPS) is 10.9. The fourth-order valence-corrected chi connectivity index (χ4v) is 1.70. The van der Waals surface area contributed by atoms with Gasteiger partial charge < -0.3 is 19.6 Å². The highest BCUT2D eigenvalue weighted by Crippen LogP contribution is 2.22. The molecule has 2 aromatic heterocycles. The quantitative estimate of drug-likeness (QED) is 0.628. The second-order valence-electron chi connectivity index (χ2n) is 3.72. The van der Waals surface area contributed by atoms with Crippen molar-refractivity contribution < 1.29 is 14.4 Å². The lowest BCUT2D eigenvalue weighted by Gasteiger charge is -1.94. The molecule has 0 unspecified atom stereocenters. The smallest absolute Gasteiger partial charge is 0.374 e. The molecule has 2 heterocycles. The van der Waals surface area contributed by atoms with E-state index in [2.05, 4.69) is 19.6 Å². The molecule has 1 aromatic carbocycles. The van der Waals surface area contributed by atoms with E-state index in [0.717, 1.165) is 0 Å². The Hall–Kier alpha value is -2.83. The predicted molar refractivity (Wildman–Crippen MR) is 61.4 cm³/mol. The van der Waals surface area contributed by atoms with Gasteiger partial charge in [0.1, 0.15) is 5.69 Å². The van der Waals surface area contributed by atoms with Gasteiger partial charge in [-0.3, -0.25) is 0 Å². The molecule has 3 N–H and O–H groups in total. The lowest BCUT2D eigenvalue weighted by molar-refractivity contribution is 0.0652. The van der Waals surface area contributed by atoms with Crippen molar-refractivity contribution in [2.75, 3.05) is 0 Å². The Labute approximate surface area is 99.0 Å². The van der Waals surface area contributed by atoms with Crippen molar-refractivity contribution in [3.8, 4) is 11.3 Å². The Bertz CT molecular complexity index is 796. The van der Waals surface area contributed by atoms with Crippen LogP contribution in [0.15, 0.2) is 33.6 Å². The molecule has 0 fully saturated rings. The van der Waals surface area contributed by atoms with Crippen LogP contribution in [0.2, 0.25) is 0 Å².